The summed E-state index contributed by atoms with van der Waals surface area (Å²) in [6, 6.07) is 6.42. The lowest BCUT2D eigenvalue weighted by molar-refractivity contribution is -0.910. The quantitative estimate of drug-likeness (QED) is 0.263. The first kappa shape index (κ1) is 26.2. The molecule has 1 aliphatic carbocycles. The van der Waals surface area contributed by atoms with Crippen LogP contribution in [0.4, 0.5) is 9.18 Å². The summed E-state index contributed by atoms with van der Waals surface area (Å²) in [7, 11) is 1.40. The van der Waals surface area contributed by atoms with Crippen molar-refractivity contribution in [2.24, 2.45) is 5.92 Å². The molecule has 0 bridgehead atoms. The highest BCUT2D eigenvalue weighted by Gasteiger charge is 2.34. The van der Waals surface area contributed by atoms with E-state index in [1.807, 2.05) is 17.1 Å². The van der Waals surface area contributed by atoms with Crippen molar-refractivity contribution in [3.05, 3.63) is 71.3 Å². The molecule has 6 rings (SSSR count). The van der Waals surface area contributed by atoms with Gasteiger partial charge in [0.15, 0.2) is 5.82 Å². The lowest BCUT2D eigenvalue weighted by Gasteiger charge is -2.30. The first-order chi connectivity index (χ1) is 19.4. The number of likely N-dealkylation sites (tertiary alicyclic amines) is 1. The smallest absolute Gasteiger partial charge is 0.409 e. The van der Waals surface area contributed by atoms with Crippen LogP contribution in [-0.2, 0) is 4.74 Å². The van der Waals surface area contributed by atoms with Gasteiger partial charge in [-0.1, -0.05) is 24.4 Å². The second-order valence-corrected chi connectivity index (χ2v) is 10.8. The van der Waals surface area contributed by atoms with Crippen molar-refractivity contribution < 1.29 is 23.9 Å². The number of halogens is 2. The van der Waals surface area contributed by atoms with Crippen LogP contribution in [0.25, 0.3) is 16.8 Å². The van der Waals surface area contributed by atoms with Crippen LogP contribution in [0.15, 0.2) is 49.2 Å². The number of hydrogen-bond acceptors (Lipinski definition) is 7. The van der Waals surface area contributed by atoms with Crippen LogP contribution in [0.3, 0.4) is 0 Å². The SMILES string of the molecule is COC(=O)N1CCC(c2cnn(C(CC3CC3)c3ccc(-c4c(-n5cnnn5)ccc(Cl)c4F)c[n+]3O)c2)CC1. The normalized spacial score (nSPS) is 16.7. The number of hydrogen-bond donors (Lipinski definition) is 1. The molecule has 13 heteroatoms. The molecule has 1 unspecified atom stereocenters. The zero-order valence-electron chi connectivity index (χ0n) is 21.9. The van der Waals surface area contributed by atoms with E-state index in [0.29, 0.717) is 36.0 Å². The van der Waals surface area contributed by atoms with Crippen LogP contribution < -0.4 is 4.73 Å². The van der Waals surface area contributed by atoms with E-state index in [9.17, 15) is 10.0 Å². The average Bonchev–Trinajstić information content (AvgIpc) is 3.40. The van der Waals surface area contributed by atoms with E-state index in [1.54, 1.807) is 23.1 Å². The monoisotopic (exact) mass is 567 g/mol. The third-order valence-corrected chi connectivity index (χ3v) is 8.14. The minimum atomic E-state index is -0.632. The van der Waals surface area contributed by atoms with E-state index in [1.165, 1.54) is 30.4 Å². The molecule has 3 aromatic heterocycles. The van der Waals surface area contributed by atoms with Crippen molar-refractivity contribution in [3.8, 4) is 16.8 Å². The van der Waals surface area contributed by atoms with E-state index in [2.05, 4.69) is 15.5 Å². The number of amides is 1. The molecule has 1 saturated heterocycles. The van der Waals surface area contributed by atoms with E-state index < -0.39 is 5.82 Å². The summed E-state index contributed by atoms with van der Waals surface area (Å²) in [5.74, 6) is 0.208. The Hall–Kier alpha value is -4.06. The highest BCUT2D eigenvalue weighted by atomic mass is 35.5. The lowest BCUT2D eigenvalue weighted by atomic mass is 9.92. The molecule has 4 heterocycles. The molecular weight excluding hydrogens is 539 g/mol. The molecule has 2 fully saturated rings. The lowest BCUT2D eigenvalue weighted by Crippen LogP contribution is -2.38. The molecule has 1 saturated carbocycles. The van der Waals surface area contributed by atoms with Gasteiger partial charge in [-0.3, -0.25) is 9.89 Å². The van der Waals surface area contributed by atoms with Crippen LogP contribution in [0, 0.1) is 11.7 Å². The first-order valence-corrected chi connectivity index (χ1v) is 13.6. The van der Waals surface area contributed by atoms with E-state index in [0.717, 1.165) is 42.4 Å². The molecule has 4 aromatic rings. The summed E-state index contributed by atoms with van der Waals surface area (Å²) in [4.78, 5) is 13.6. The number of benzene rings is 1. The van der Waals surface area contributed by atoms with Gasteiger partial charge in [0, 0.05) is 30.1 Å². The maximum absolute atomic E-state index is 15.3. The Morgan fingerprint density at radius 2 is 2.02 bits per heavy atom. The van der Waals surface area contributed by atoms with Crippen molar-refractivity contribution >= 4 is 17.7 Å². The number of methoxy groups -OCH3 is 1. The number of rotatable bonds is 7. The molecule has 1 aromatic carbocycles. The molecule has 1 amide bonds. The Bertz CT molecular complexity index is 1520. The number of ether oxygens (including phenoxy) is 1. The number of pyridine rings is 1. The number of aromatic nitrogens is 7. The van der Waals surface area contributed by atoms with Crippen LogP contribution >= 0.6 is 11.6 Å². The first-order valence-electron chi connectivity index (χ1n) is 13.3. The fourth-order valence-electron chi connectivity index (χ4n) is 5.48. The summed E-state index contributed by atoms with van der Waals surface area (Å²) in [5, 5.41) is 27.0. The van der Waals surface area contributed by atoms with E-state index in [-0.39, 0.29) is 28.6 Å². The van der Waals surface area contributed by atoms with Crippen LogP contribution in [0.5, 0.6) is 0 Å². The van der Waals surface area contributed by atoms with Gasteiger partial charge in [0.2, 0.25) is 6.20 Å². The number of carbonyl (C=O) groups excluding carboxylic acids is 1. The van der Waals surface area contributed by atoms with E-state index >= 15 is 4.39 Å². The molecule has 208 valence electrons. The van der Waals surface area contributed by atoms with Gasteiger partial charge >= 0.3 is 6.09 Å². The Kier molecular flexibility index (Phi) is 7.09. The Morgan fingerprint density at radius 3 is 2.70 bits per heavy atom. The number of nitrogens with zero attached hydrogens (tertiary/aromatic N) is 8. The maximum atomic E-state index is 15.3. The van der Waals surface area contributed by atoms with Crippen molar-refractivity contribution in [2.45, 2.75) is 44.1 Å². The summed E-state index contributed by atoms with van der Waals surface area (Å²) >= 11 is 6.12. The summed E-state index contributed by atoms with van der Waals surface area (Å²) in [6.07, 6.45) is 11.3. The molecule has 11 nitrogen and oxygen atoms in total. The molecule has 1 aliphatic heterocycles. The summed E-state index contributed by atoms with van der Waals surface area (Å²) in [6.45, 7) is 1.28. The number of carbonyl (C=O) groups is 1. The minimum absolute atomic E-state index is 0.0477. The standard InChI is InChI=1S/C27H29ClFN8O3/c1-40-27(38)34-10-8-18(9-11-34)20-13-31-35(14-20)24(12-17-2-3-17)22-6-4-19(15-37(22)39)25-23(36-16-30-32-33-36)7-5-21(28)26(25)29/h4-7,13-18,24,39H,2-3,8-12H2,1H3/q+1. The largest absolute Gasteiger partial charge is 0.453 e. The Labute approximate surface area is 234 Å². The van der Waals surface area contributed by atoms with Gasteiger partial charge in [0.1, 0.15) is 12.4 Å². The predicted octanol–water partition coefficient (Wildman–Crippen LogP) is 4.18. The fourth-order valence-corrected chi connectivity index (χ4v) is 5.64. The van der Waals surface area contributed by atoms with Gasteiger partial charge in [-0.05, 0) is 65.3 Å². The molecular formula is C27H29ClFN8O3+. The van der Waals surface area contributed by atoms with Gasteiger partial charge in [-0.25, -0.2) is 9.18 Å². The van der Waals surface area contributed by atoms with Crippen molar-refractivity contribution in [3.63, 3.8) is 0 Å². The molecule has 1 atom stereocenters. The highest BCUT2D eigenvalue weighted by Crippen LogP contribution is 2.40. The molecule has 1 N–H and O–H groups in total. The van der Waals surface area contributed by atoms with Gasteiger partial charge in [0.05, 0.1) is 35.1 Å². The molecule has 0 spiro atoms. The summed E-state index contributed by atoms with van der Waals surface area (Å²) in [5.41, 5.74) is 2.73. The van der Waals surface area contributed by atoms with Crippen LogP contribution in [0.2, 0.25) is 5.02 Å². The highest BCUT2D eigenvalue weighted by molar-refractivity contribution is 6.31. The average molecular weight is 568 g/mol. The zero-order chi connectivity index (χ0) is 27.8. The van der Waals surface area contributed by atoms with Gasteiger partial charge in [-0.2, -0.15) is 9.78 Å². The Balaban J connectivity index is 1.29. The minimum Gasteiger partial charge on any atom is -0.453 e. The third kappa shape index (κ3) is 5.10. The second kappa shape index (κ2) is 10.8. The number of piperidine rings is 1. The summed E-state index contributed by atoms with van der Waals surface area (Å²) < 4.78 is 24.5. The zero-order valence-corrected chi connectivity index (χ0v) is 22.7. The molecule has 2 aliphatic rings. The number of tetrazole rings is 1. The van der Waals surface area contributed by atoms with Crippen LogP contribution in [0.1, 0.15) is 55.3 Å². The second-order valence-electron chi connectivity index (χ2n) is 10.4. The van der Waals surface area contributed by atoms with Crippen molar-refractivity contribution in [1.82, 2.24) is 34.9 Å². The molecule has 40 heavy (non-hydrogen) atoms. The third-order valence-electron chi connectivity index (χ3n) is 7.85. The van der Waals surface area contributed by atoms with Crippen LogP contribution in [-0.4, -0.2) is 66.4 Å². The predicted molar refractivity (Wildman–Crippen MR) is 141 cm³/mol. The van der Waals surface area contributed by atoms with Gasteiger partial charge in [0.25, 0.3) is 5.69 Å². The maximum Gasteiger partial charge on any atom is 0.409 e. The van der Waals surface area contributed by atoms with Crippen molar-refractivity contribution in [2.75, 3.05) is 20.2 Å². The van der Waals surface area contributed by atoms with Crippen molar-refractivity contribution in [1.29, 1.82) is 0 Å². The topological polar surface area (TPSA) is 115 Å². The Morgan fingerprint density at radius 1 is 1.23 bits per heavy atom. The van der Waals surface area contributed by atoms with E-state index in [4.69, 9.17) is 21.4 Å². The fraction of sp³-hybridized carbons (Fsp3) is 0.407. The van der Waals surface area contributed by atoms with Gasteiger partial charge < -0.3 is 9.64 Å². The van der Waals surface area contributed by atoms with Gasteiger partial charge in [-0.15, -0.1) is 5.10 Å². The molecule has 0 radical (unpaired) electrons.